The van der Waals surface area contributed by atoms with Crippen LogP contribution >= 0.6 is 0 Å². The molecule has 5 heteroatoms. The largest absolute Gasteiger partial charge is 0.477 e. The summed E-state index contributed by atoms with van der Waals surface area (Å²) in [5.41, 5.74) is 0.0280. The lowest BCUT2D eigenvalue weighted by Crippen LogP contribution is -2.44. The van der Waals surface area contributed by atoms with Crippen molar-refractivity contribution in [2.45, 2.75) is 45.7 Å². The number of nitrogens with zero attached hydrogens (tertiary/aromatic N) is 2. The molecule has 1 N–H and O–H groups in total. The third-order valence-electron chi connectivity index (χ3n) is 4.15. The molecule has 1 aromatic heterocycles. The van der Waals surface area contributed by atoms with Crippen LogP contribution in [0.2, 0.25) is 0 Å². The van der Waals surface area contributed by atoms with Gasteiger partial charge in [0.25, 0.3) is 5.56 Å². The van der Waals surface area contributed by atoms with Crippen LogP contribution in [-0.4, -0.2) is 39.7 Å². The molecule has 0 saturated carbocycles. The molecule has 1 unspecified atom stereocenters. The third-order valence-corrected chi connectivity index (χ3v) is 4.15. The summed E-state index contributed by atoms with van der Waals surface area (Å²) >= 11 is 0. The molecule has 0 radical (unpaired) electrons. The van der Waals surface area contributed by atoms with Crippen LogP contribution in [-0.2, 0) is 6.54 Å². The van der Waals surface area contributed by atoms with Crippen molar-refractivity contribution in [2.75, 3.05) is 13.1 Å². The van der Waals surface area contributed by atoms with Gasteiger partial charge in [0.1, 0.15) is 5.56 Å². The van der Waals surface area contributed by atoms with Gasteiger partial charge in [-0.05, 0) is 44.5 Å². The average Bonchev–Trinajstić information content (AvgIpc) is 2.42. The molecule has 1 saturated heterocycles. The van der Waals surface area contributed by atoms with E-state index in [1.807, 2.05) is 0 Å². The zero-order valence-corrected chi connectivity index (χ0v) is 12.1. The molecule has 0 aliphatic carbocycles. The summed E-state index contributed by atoms with van der Waals surface area (Å²) in [6.07, 6.45) is 5.16. The van der Waals surface area contributed by atoms with E-state index < -0.39 is 5.97 Å². The predicted molar refractivity (Wildman–Crippen MR) is 77.3 cm³/mol. The van der Waals surface area contributed by atoms with Gasteiger partial charge in [0.2, 0.25) is 0 Å². The molecule has 2 heterocycles. The Hall–Kier alpha value is -1.62. The van der Waals surface area contributed by atoms with Crippen molar-refractivity contribution in [2.24, 2.45) is 0 Å². The predicted octanol–water partition coefficient (Wildman–Crippen LogP) is 1.73. The molecule has 1 aromatic rings. The van der Waals surface area contributed by atoms with Crippen molar-refractivity contribution in [1.29, 1.82) is 0 Å². The van der Waals surface area contributed by atoms with Crippen LogP contribution in [0.1, 0.15) is 42.1 Å². The quantitative estimate of drug-likeness (QED) is 0.911. The molecular weight excluding hydrogens is 256 g/mol. The van der Waals surface area contributed by atoms with E-state index in [4.69, 9.17) is 5.11 Å². The van der Waals surface area contributed by atoms with Crippen molar-refractivity contribution >= 4 is 5.97 Å². The molecule has 20 heavy (non-hydrogen) atoms. The zero-order valence-electron chi connectivity index (χ0n) is 12.1. The molecule has 0 spiro atoms. The van der Waals surface area contributed by atoms with Gasteiger partial charge in [-0.3, -0.25) is 9.69 Å². The molecule has 1 atom stereocenters. The average molecular weight is 278 g/mol. The van der Waals surface area contributed by atoms with E-state index in [0.717, 1.165) is 19.5 Å². The van der Waals surface area contributed by atoms with E-state index in [0.29, 0.717) is 18.2 Å². The summed E-state index contributed by atoms with van der Waals surface area (Å²) in [6, 6.07) is 2.04. The summed E-state index contributed by atoms with van der Waals surface area (Å²) in [6.45, 7) is 6.39. The summed E-state index contributed by atoms with van der Waals surface area (Å²) in [4.78, 5) is 25.8. The molecule has 1 aliphatic heterocycles. The smallest absolute Gasteiger partial charge is 0.341 e. The van der Waals surface area contributed by atoms with Gasteiger partial charge < -0.3 is 9.67 Å². The van der Waals surface area contributed by atoms with E-state index in [1.165, 1.54) is 12.8 Å². The van der Waals surface area contributed by atoms with Crippen molar-refractivity contribution in [3.8, 4) is 0 Å². The van der Waals surface area contributed by atoms with Crippen LogP contribution in [0.5, 0.6) is 0 Å². The highest BCUT2D eigenvalue weighted by Crippen LogP contribution is 2.17. The van der Waals surface area contributed by atoms with Gasteiger partial charge >= 0.3 is 5.97 Å². The van der Waals surface area contributed by atoms with Gasteiger partial charge in [0.05, 0.1) is 0 Å². The number of aryl methyl sites for hydroxylation is 1. The maximum atomic E-state index is 12.3. The topological polar surface area (TPSA) is 62.5 Å². The Morgan fingerprint density at radius 3 is 2.85 bits per heavy atom. The summed E-state index contributed by atoms with van der Waals surface area (Å²) in [5.74, 6) is -1.14. The number of piperidine rings is 1. The first-order valence-electron chi connectivity index (χ1n) is 7.22. The SMILES string of the molecule is CCN1CCCCC1Cn1ccc(C)c(C(=O)O)c1=O. The fourth-order valence-electron chi connectivity index (χ4n) is 2.98. The fourth-order valence-corrected chi connectivity index (χ4v) is 2.98. The van der Waals surface area contributed by atoms with Crippen LogP contribution in [0.3, 0.4) is 0 Å². The first-order valence-corrected chi connectivity index (χ1v) is 7.22. The molecule has 110 valence electrons. The molecule has 2 rings (SSSR count). The molecule has 1 fully saturated rings. The Labute approximate surface area is 118 Å². The maximum absolute atomic E-state index is 12.3. The third kappa shape index (κ3) is 2.93. The number of pyridine rings is 1. The van der Waals surface area contributed by atoms with Gasteiger partial charge in [0, 0.05) is 18.8 Å². The maximum Gasteiger partial charge on any atom is 0.341 e. The first-order chi connectivity index (χ1) is 9.54. The molecule has 1 aliphatic rings. The number of carbonyl (C=O) groups is 1. The second kappa shape index (κ2) is 6.22. The van der Waals surface area contributed by atoms with Crippen LogP contribution < -0.4 is 5.56 Å². The van der Waals surface area contributed by atoms with Crippen molar-refractivity contribution in [1.82, 2.24) is 9.47 Å². The number of hydrogen-bond acceptors (Lipinski definition) is 3. The van der Waals surface area contributed by atoms with E-state index in [2.05, 4.69) is 11.8 Å². The molecular formula is C15H22N2O3. The molecule has 0 aromatic carbocycles. The zero-order chi connectivity index (χ0) is 14.7. The van der Waals surface area contributed by atoms with E-state index in [-0.39, 0.29) is 11.1 Å². The Morgan fingerprint density at radius 1 is 1.45 bits per heavy atom. The number of likely N-dealkylation sites (tertiary alicyclic amines) is 1. The summed E-state index contributed by atoms with van der Waals surface area (Å²) < 4.78 is 1.55. The van der Waals surface area contributed by atoms with Crippen molar-refractivity contribution < 1.29 is 9.90 Å². The Bertz CT molecular complexity index is 551. The lowest BCUT2D eigenvalue weighted by molar-refractivity contribution is 0.0692. The van der Waals surface area contributed by atoms with E-state index in [1.54, 1.807) is 23.8 Å². The lowest BCUT2D eigenvalue weighted by Gasteiger charge is -2.35. The van der Waals surface area contributed by atoms with Gasteiger partial charge in [-0.2, -0.15) is 0 Å². The van der Waals surface area contributed by atoms with Gasteiger partial charge in [-0.1, -0.05) is 13.3 Å². The molecule has 0 amide bonds. The van der Waals surface area contributed by atoms with Crippen LogP contribution in [0, 0.1) is 6.92 Å². The Balaban J connectivity index is 2.27. The monoisotopic (exact) mass is 278 g/mol. The number of carboxylic acids is 1. The number of aromatic nitrogens is 1. The van der Waals surface area contributed by atoms with Gasteiger partial charge in [-0.25, -0.2) is 4.79 Å². The minimum absolute atomic E-state index is 0.105. The minimum Gasteiger partial charge on any atom is -0.477 e. The van der Waals surface area contributed by atoms with Crippen LogP contribution in [0.4, 0.5) is 0 Å². The number of rotatable bonds is 4. The Kier molecular flexibility index (Phi) is 4.60. The summed E-state index contributed by atoms with van der Waals surface area (Å²) in [7, 11) is 0. The number of carboxylic acid groups (broad SMARTS) is 1. The highest BCUT2D eigenvalue weighted by atomic mass is 16.4. The van der Waals surface area contributed by atoms with Crippen molar-refractivity contribution in [3.05, 3.63) is 33.7 Å². The van der Waals surface area contributed by atoms with Crippen molar-refractivity contribution in [3.63, 3.8) is 0 Å². The van der Waals surface area contributed by atoms with E-state index >= 15 is 0 Å². The second-order valence-electron chi connectivity index (χ2n) is 5.41. The number of aromatic carboxylic acids is 1. The fraction of sp³-hybridized carbons (Fsp3) is 0.600. The Morgan fingerprint density at radius 2 is 2.20 bits per heavy atom. The van der Waals surface area contributed by atoms with Gasteiger partial charge in [-0.15, -0.1) is 0 Å². The molecule has 5 nitrogen and oxygen atoms in total. The van der Waals surface area contributed by atoms with E-state index in [9.17, 15) is 9.59 Å². The molecule has 0 bridgehead atoms. The number of hydrogen-bond donors (Lipinski definition) is 1. The van der Waals surface area contributed by atoms with Crippen LogP contribution in [0.15, 0.2) is 17.1 Å². The lowest BCUT2D eigenvalue weighted by atomic mass is 10.0. The second-order valence-corrected chi connectivity index (χ2v) is 5.41. The van der Waals surface area contributed by atoms with Crippen LogP contribution in [0.25, 0.3) is 0 Å². The first kappa shape index (κ1) is 14.8. The highest BCUT2D eigenvalue weighted by molar-refractivity contribution is 5.88. The summed E-state index contributed by atoms with van der Waals surface area (Å²) in [5, 5.41) is 9.15. The highest BCUT2D eigenvalue weighted by Gasteiger charge is 2.23. The standard InChI is InChI=1S/C15H22N2O3/c1-3-16-8-5-4-6-12(16)10-17-9-7-11(2)13(14(17)18)15(19)20/h7,9,12H,3-6,8,10H2,1-2H3,(H,19,20). The number of likely N-dealkylation sites (N-methyl/N-ethyl adjacent to an activating group) is 1. The normalized spacial score (nSPS) is 20.0. The van der Waals surface area contributed by atoms with Gasteiger partial charge in [0.15, 0.2) is 0 Å². The minimum atomic E-state index is -1.14.